The fourth-order valence-corrected chi connectivity index (χ4v) is 5.25. The summed E-state index contributed by atoms with van der Waals surface area (Å²) in [6, 6.07) is 7.90. The molecule has 0 spiro atoms. The first-order valence-electron chi connectivity index (χ1n) is 10.2. The average molecular weight is 397 g/mol. The molecule has 3 N–H and O–H groups in total. The van der Waals surface area contributed by atoms with E-state index in [4.69, 9.17) is 4.74 Å². The second-order valence-corrected chi connectivity index (χ2v) is 8.23. The number of carbonyl (C=O) groups is 1. The van der Waals surface area contributed by atoms with Crippen molar-refractivity contribution in [1.29, 1.82) is 5.26 Å². The lowest BCUT2D eigenvalue weighted by Crippen LogP contribution is -2.47. The van der Waals surface area contributed by atoms with Crippen LogP contribution in [0.5, 0.6) is 0 Å². The number of nitrogens with zero attached hydrogens (tertiary/aromatic N) is 2. The molecule has 2 heterocycles. The van der Waals surface area contributed by atoms with Crippen LogP contribution in [0.1, 0.15) is 36.6 Å². The third-order valence-electron chi connectivity index (χ3n) is 6.69. The first-order chi connectivity index (χ1) is 14.0. The van der Waals surface area contributed by atoms with Gasteiger partial charge in [0.1, 0.15) is 0 Å². The van der Waals surface area contributed by atoms with Gasteiger partial charge < -0.3 is 24.8 Å². The van der Waals surface area contributed by atoms with Gasteiger partial charge in [-0.05, 0) is 49.1 Å². The number of nitrogens with one attached hydrogen (secondary N) is 1. The average Bonchev–Trinajstić information content (AvgIpc) is 3.10. The van der Waals surface area contributed by atoms with Crippen LogP contribution in [-0.2, 0) is 16.0 Å². The van der Waals surface area contributed by atoms with E-state index in [1.807, 2.05) is 24.3 Å². The Morgan fingerprint density at radius 1 is 1.31 bits per heavy atom. The minimum atomic E-state index is -0.795. The summed E-state index contributed by atoms with van der Waals surface area (Å²) in [5.74, 6) is -1.38. The van der Waals surface area contributed by atoms with Crippen LogP contribution in [0, 0.1) is 29.2 Å². The number of aliphatic hydroxyl groups is 2. The number of rotatable bonds is 1. The van der Waals surface area contributed by atoms with E-state index in [0.29, 0.717) is 38.8 Å². The number of para-hydroxylation sites is 1. The van der Waals surface area contributed by atoms with Crippen molar-refractivity contribution >= 4 is 16.9 Å². The Kier molecular flexibility index (Phi) is 5.48. The molecule has 2 aliphatic rings. The van der Waals surface area contributed by atoms with Gasteiger partial charge in [0.15, 0.2) is 6.19 Å². The number of benzene rings is 1. The van der Waals surface area contributed by atoms with Crippen LogP contribution in [-0.4, -0.2) is 52.4 Å². The van der Waals surface area contributed by atoms with Gasteiger partial charge in [-0.3, -0.25) is 4.79 Å². The highest BCUT2D eigenvalue weighted by Crippen LogP contribution is 2.43. The summed E-state index contributed by atoms with van der Waals surface area (Å²) in [5.41, 5.74) is 2.70. The van der Waals surface area contributed by atoms with Crippen molar-refractivity contribution in [2.45, 2.75) is 37.9 Å². The molecule has 0 bridgehead atoms. The van der Waals surface area contributed by atoms with Gasteiger partial charge in [-0.2, -0.15) is 5.26 Å². The van der Waals surface area contributed by atoms with Crippen molar-refractivity contribution in [1.82, 2.24) is 9.88 Å². The lowest BCUT2D eigenvalue weighted by molar-refractivity contribution is -0.158. The number of aromatic amines is 1. The van der Waals surface area contributed by atoms with Crippen molar-refractivity contribution in [2.24, 2.45) is 17.8 Å². The van der Waals surface area contributed by atoms with E-state index in [-0.39, 0.29) is 11.8 Å². The first-order valence-corrected chi connectivity index (χ1v) is 10.2. The number of carbonyl (C=O) groups excluding carboxylic acids is 1. The Morgan fingerprint density at radius 3 is 2.86 bits per heavy atom. The van der Waals surface area contributed by atoms with Gasteiger partial charge in [-0.15, -0.1) is 0 Å². The largest absolute Gasteiger partial charge is 0.469 e. The zero-order valence-corrected chi connectivity index (χ0v) is 16.5. The number of aromatic nitrogens is 1. The van der Waals surface area contributed by atoms with Gasteiger partial charge in [-0.25, -0.2) is 0 Å². The fourth-order valence-electron chi connectivity index (χ4n) is 5.25. The quantitative estimate of drug-likeness (QED) is 0.502. The number of methoxy groups -OCH3 is 1. The lowest BCUT2D eigenvalue weighted by Gasteiger charge is -2.42. The van der Waals surface area contributed by atoms with E-state index in [9.17, 15) is 20.3 Å². The monoisotopic (exact) mass is 397 g/mol. The summed E-state index contributed by atoms with van der Waals surface area (Å²) >= 11 is 0. The molecule has 1 aromatic heterocycles. The topological polar surface area (TPSA) is 110 Å². The minimum absolute atomic E-state index is 0.0303. The summed E-state index contributed by atoms with van der Waals surface area (Å²) in [4.78, 5) is 17.6. The van der Waals surface area contributed by atoms with Crippen molar-refractivity contribution in [2.75, 3.05) is 20.2 Å². The SMILES string of the molecule is COC(=O)[C@@H]1C2C[C@@H](O)c3[nH]c4ccccc4c3CCN(C#N)C[C@@H]2CC[C@@H]1O. The Bertz CT molecular complexity index is 934. The number of hydrogen-bond donors (Lipinski definition) is 3. The van der Waals surface area contributed by atoms with Gasteiger partial charge in [0.2, 0.25) is 0 Å². The van der Waals surface area contributed by atoms with Gasteiger partial charge in [-0.1, -0.05) is 18.2 Å². The molecule has 5 atom stereocenters. The first kappa shape index (κ1) is 19.7. The number of H-pyrrole nitrogens is 1. The Balaban J connectivity index is 1.77. The van der Waals surface area contributed by atoms with Crippen LogP contribution in [0.15, 0.2) is 24.3 Å². The molecular formula is C22H27N3O4. The Labute approximate surface area is 169 Å². The molecule has 0 radical (unpaired) electrons. The van der Waals surface area contributed by atoms with Crippen LogP contribution in [0.2, 0.25) is 0 Å². The van der Waals surface area contributed by atoms with E-state index in [1.165, 1.54) is 7.11 Å². The van der Waals surface area contributed by atoms with E-state index in [2.05, 4.69) is 11.2 Å². The second kappa shape index (κ2) is 8.05. The molecular weight excluding hydrogens is 370 g/mol. The summed E-state index contributed by atoms with van der Waals surface area (Å²) in [6.07, 6.45) is 2.91. The predicted octanol–water partition coefficient (Wildman–Crippen LogP) is 2.11. The molecule has 2 aromatic rings. The summed E-state index contributed by atoms with van der Waals surface area (Å²) in [5, 5.41) is 32.4. The molecule has 1 aliphatic carbocycles. The van der Waals surface area contributed by atoms with Crippen LogP contribution >= 0.6 is 0 Å². The number of hydrogen-bond acceptors (Lipinski definition) is 6. The van der Waals surface area contributed by atoms with E-state index in [1.54, 1.807) is 4.90 Å². The number of ether oxygens (including phenoxy) is 1. The third-order valence-corrected chi connectivity index (χ3v) is 6.69. The van der Waals surface area contributed by atoms with Crippen LogP contribution in [0.25, 0.3) is 10.9 Å². The smallest absolute Gasteiger partial charge is 0.311 e. The van der Waals surface area contributed by atoms with E-state index >= 15 is 0 Å². The molecule has 4 rings (SSSR count). The number of esters is 1. The van der Waals surface area contributed by atoms with Gasteiger partial charge in [0.05, 0.1) is 25.2 Å². The van der Waals surface area contributed by atoms with Gasteiger partial charge >= 0.3 is 5.97 Å². The molecule has 1 saturated carbocycles. The van der Waals surface area contributed by atoms with Crippen molar-refractivity contribution in [3.8, 4) is 6.19 Å². The van der Waals surface area contributed by atoms with E-state index < -0.39 is 24.1 Å². The van der Waals surface area contributed by atoms with Crippen molar-refractivity contribution < 1.29 is 19.7 Å². The summed E-state index contributed by atoms with van der Waals surface area (Å²) < 4.78 is 4.98. The molecule has 1 aliphatic heterocycles. The molecule has 0 saturated heterocycles. The molecule has 1 aromatic carbocycles. The summed E-state index contributed by atoms with van der Waals surface area (Å²) in [7, 11) is 1.33. The highest BCUT2D eigenvalue weighted by atomic mass is 16.5. The molecule has 1 fully saturated rings. The predicted molar refractivity (Wildman–Crippen MR) is 106 cm³/mol. The number of fused-ring (bicyclic) bond motifs is 4. The lowest BCUT2D eigenvalue weighted by atomic mass is 9.67. The molecule has 7 heteroatoms. The number of aliphatic hydroxyl groups excluding tert-OH is 2. The third kappa shape index (κ3) is 3.59. The van der Waals surface area contributed by atoms with Gasteiger partial charge in [0.25, 0.3) is 0 Å². The van der Waals surface area contributed by atoms with Crippen LogP contribution in [0.4, 0.5) is 0 Å². The van der Waals surface area contributed by atoms with Crippen molar-refractivity contribution in [3.05, 3.63) is 35.5 Å². The minimum Gasteiger partial charge on any atom is -0.469 e. The molecule has 29 heavy (non-hydrogen) atoms. The normalized spacial score (nSPS) is 30.1. The van der Waals surface area contributed by atoms with Gasteiger partial charge in [0, 0.05) is 29.7 Å². The highest BCUT2D eigenvalue weighted by Gasteiger charge is 2.45. The Hall–Kier alpha value is -2.56. The maximum atomic E-state index is 12.5. The second-order valence-electron chi connectivity index (χ2n) is 8.23. The fraction of sp³-hybridized carbons (Fsp3) is 0.545. The van der Waals surface area contributed by atoms with Crippen molar-refractivity contribution in [3.63, 3.8) is 0 Å². The van der Waals surface area contributed by atoms with Crippen LogP contribution in [0.3, 0.4) is 0 Å². The standard InChI is InChI=1S/C22H27N3O4/c1-29-22(28)20-16-10-19(27)21-15(14-4-2-3-5-17(14)24-21)8-9-25(12-23)11-13(16)6-7-18(20)26/h2-5,13,16,18-20,24,26-27H,6-11H2,1H3/t13-,16?,18-,19+,20+/m0/s1. The number of nitriles is 1. The maximum Gasteiger partial charge on any atom is 0.311 e. The van der Waals surface area contributed by atoms with E-state index in [0.717, 1.165) is 22.2 Å². The Morgan fingerprint density at radius 2 is 2.10 bits per heavy atom. The zero-order valence-electron chi connectivity index (χ0n) is 16.5. The highest BCUT2D eigenvalue weighted by molar-refractivity contribution is 5.84. The zero-order chi connectivity index (χ0) is 20.5. The molecule has 7 nitrogen and oxygen atoms in total. The molecule has 154 valence electrons. The van der Waals surface area contributed by atoms with Crippen LogP contribution < -0.4 is 0 Å². The summed E-state index contributed by atoms with van der Waals surface area (Å²) in [6.45, 7) is 1.07. The maximum absolute atomic E-state index is 12.5. The molecule has 0 amide bonds. The molecule has 1 unspecified atom stereocenters.